The summed E-state index contributed by atoms with van der Waals surface area (Å²) < 4.78 is 6.60. The lowest BCUT2D eigenvalue weighted by atomic mass is 10.0. The number of carbonyl (C=O) groups is 2. The first-order chi connectivity index (χ1) is 10.8. The van der Waals surface area contributed by atoms with Gasteiger partial charge in [0.25, 0.3) is 5.91 Å². The van der Waals surface area contributed by atoms with E-state index in [9.17, 15) is 9.59 Å². The second-order valence-electron chi connectivity index (χ2n) is 6.07. The molecule has 126 valence electrons. The number of hydrogen-bond donors (Lipinski definition) is 1. The van der Waals surface area contributed by atoms with Crippen molar-refractivity contribution in [3.05, 3.63) is 42.5 Å². The Morgan fingerprint density at radius 1 is 1.35 bits per heavy atom. The quantitative estimate of drug-likeness (QED) is 0.845. The molecule has 1 atom stereocenters. The Hall–Kier alpha value is -2.37. The van der Waals surface area contributed by atoms with Crippen LogP contribution in [-0.4, -0.2) is 33.2 Å². The maximum atomic E-state index is 12.6. The fraction of sp³-hybridized carbons (Fsp3) is 0.471. The Kier molecular flexibility index (Phi) is 6.75. The van der Waals surface area contributed by atoms with Crippen LogP contribution >= 0.6 is 0 Å². The third-order valence-corrected chi connectivity index (χ3v) is 2.94. The van der Waals surface area contributed by atoms with Gasteiger partial charge in [0.05, 0.1) is 0 Å². The van der Waals surface area contributed by atoms with Crippen LogP contribution in [-0.2, 0) is 4.74 Å². The number of nitrogens with zero attached hydrogens (tertiary/aromatic N) is 2. The zero-order valence-electron chi connectivity index (χ0n) is 14.4. The van der Waals surface area contributed by atoms with Gasteiger partial charge in [-0.25, -0.2) is 9.78 Å². The molecule has 0 bridgehead atoms. The fourth-order valence-corrected chi connectivity index (χ4v) is 1.95. The number of amides is 1. The van der Waals surface area contributed by atoms with Gasteiger partial charge in [-0.05, 0) is 34.6 Å². The van der Waals surface area contributed by atoms with E-state index >= 15 is 0 Å². The summed E-state index contributed by atoms with van der Waals surface area (Å²) in [4.78, 5) is 28.5. The van der Waals surface area contributed by atoms with Gasteiger partial charge in [0.2, 0.25) is 0 Å². The Morgan fingerprint density at radius 3 is 2.52 bits per heavy atom. The molecule has 0 saturated carbocycles. The molecule has 6 nitrogen and oxygen atoms in total. The molecule has 1 rings (SSSR count). The van der Waals surface area contributed by atoms with Crippen LogP contribution in [0.5, 0.6) is 0 Å². The van der Waals surface area contributed by atoms with E-state index in [1.165, 1.54) is 17.1 Å². The molecule has 1 aromatic rings. The van der Waals surface area contributed by atoms with Crippen LogP contribution in [0.4, 0.5) is 4.79 Å². The van der Waals surface area contributed by atoms with Gasteiger partial charge in [0, 0.05) is 18.8 Å². The predicted octanol–water partition coefficient (Wildman–Crippen LogP) is 3.33. The lowest BCUT2D eigenvalue weighted by Crippen LogP contribution is -2.45. The highest BCUT2D eigenvalue weighted by Gasteiger charge is 2.25. The van der Waals surface area contributed by atoms with E-state index in [0.717, 1.165) is 5.57 Å². The molecule has 0 saturated heterocycles. The van der Waals surface area contributed by atoms with E-state index < -0.39 is 17.7 Å². The molecule has 1 aromatic heterocycles. The molecular weight excluding hydrogens is 294 g/mol. The summed E-state index contributed by atoms with van der Waals surface area (Å²) in [5.41, 5.74) is 0.321. The molecule has 0 spiro atoms. The Bertz CT molecular complexity index is 581. The standard InChI is InChI=1S/C17H25N3O3/c1-6-8-13(7-2)11-14(15(21)20-10-9-18-12-20)19-16(22)23-17(3,4)5/h6-10,12,14H,11H2,1-5H3,(H,19,22)/b8-6-,13-7+/t14-/m0/s1. The molecule has 23 heavy (non-hydrogen) atoms. The van der Waals surface area contributed by atoms with Crippen molar-refractivity contribution in [2.75, 3.05) is 0 Å². The molecule has 0 fully saturated rings. The first-order valence-corrected chi connectivity index (χ1v) is 7.56. The largest absolute Gasteiger partial charge is 0.444 e. The SMILES string of the molecule is C/C=C\C(=C/C)C[C@H](NC(=O)OC(C)(C)C)C(=O)n1ccnc1. The minimum absolute atomic E-state index is 0.266. The zero-order chi connectivity index (χ0) is 17.5. The van der Waals surface area contributed by atoms with Gasteiger partial charge in [-0.1, -0.05) is 23.8 Å². The fourth-order valence-electron chi connectivity index (χ4n) is 1.95. The number of nitrogens with one attached hydrogen (secondary N) is 1. The Labute approximate surface area is 137 Å². The molecule has 0 aromatic carbocycles. The smallest absolute Gasteiger partial charge is 0.408 e. The van der Waals surface area contributed by atoms with Gasteiger partial charge in [0.1, 0.15) is 18.0 Å². The third kappa shape index (κ3) is 6.50. The predicted molar refractivity (Wildman–Crippen MR) is 89.2 cm³/mol. The number of ether oxygens (including phenoxy) is 1. The first kappa shape index (κ1) is 18.7. The molecule has 6 heteroatoms. The van der Waals surface area contributed by atoms with E-state index in [0.29, 0.717) is 6.42 Å². The molecule has 0 aliphatic heterocycles. The van der Waals surface area contributed by atoms with Gasteiger partial charge in [-0.15, -0.1) is 0 Å². The summed E-state index contributed by atoms with van der Waals surface area (Å²) in [5.74, 6) is -0.266. The van der Waals surface area contributed by atoms with Crippen molar-refractivity contribution in [2.24, 2.45) is 0 Å². The van der Waals surface area contributed by atoms with Crippen LogP contribution in [0.25, 0.3) is 0 Å². The van der Waals surface area contributed by atoms with Crippen molar-refractivity contribution in [1.82, 2.24) is 14.9 Å². The monoisotopic (exact) mass is 319 g/mol. The number of alkyl carbamates (subject to hydrolysis) is 1. The topological polar surface area (TPSA) is 73.2 Å². The van der Waals surface area contributed by atoms with Crippen LogP contribution in [0.1, 0.15) is 45.8 Å². The summed E-state index contributed by atoms with van der Waals surface area (Å²) in [6.45, 7) is 9.11. The molecule has 1 N–H and O–H groups in total. The van der Waals surface area contributed by atoms with Crippen molar-refractivity contribution in [3.8, 4) is 0 Å². The summed E-state index contributed by atoms with van der Waals surface area (Å²) in [7, 11) is 0. The number of aromatic nitrogens is 2. The van der Waals surface area contributed by atoms with Crippen molar-refractivity contribution in [2.45, 2.75) is 52.7 Å². The minimum atomic E-state index is -0.735. The first-order valence-electron chi connectivity index (χ1n) is 7.56. The summed E-state index contributed by atoms with van der Waals surface area (Å²) in [5, 5.41) is 2.65. The summed E-state index contributed by atoms with van der Waals surface area (Å²) >= 11 is 0. The second kappa shape index (κ2) is 8.31. The third-order valence-electron chi connectivity index (χ3n) is 2.94. The number of rotatable bonds is 5. The molecule has 0 radical (unpaired) electrons. The highest BCUT2D eigenvalue weighted by Crippen LogP contribution is 2.12. The van der Waals surface area contributed by atoms with E-state index in [4.69, 9.17) is 4.74 Å². The normalized spacial score (nSPS) is 13.9. The highest BCUT2D eigenvalue weighted by molar-refractivity contribution is 5.87. The number of hydrogen-bond acceptors (Lipinski definition) is 4. The lowest BCUT2D eigenvalue weighted by molar-refractivity contribution is 0.0482. The summed E-state index contributed by atoms with van der Waals surface area (Å²) in [6, 6.07) is -0.735. The number of carbonyl (C=O) groups excluding carboxylic acids is 2. The van der Waals surface area contributed by atoms with Gasteiger partial charge < -0.3 is 10.1 Å². The van der Waals surface area contributed by atoms with Crippen LogP contribution < -0.4 is 5.32 Å². The van der Waals surface area contributed by atoms with Crippen molar-refractivity contribution >= 4 is 12.0 Å². The molecule has 1 heterocycles. The maximum absolute atomic E-state index is 12.6. The Morgan fingerprint density at radius 2 is 2.04 bits per heavy atom. The van der Waals surface area contributed by atoms with Crippen molar-refractivity contribution in [1.29, 1.82) is 0 Å². The molecule has 0 aliphatic carbocycles. The zero-order valence-corrected chi connectivity index (χ0v) is 14.4. The van der Waals surface area contributed by atoms with Crippen LogP contribution in [0.2, 0.25) is 0 Å². The average molecular weight is 319 g/mol. The average Bonchev–Trinajstić information content (AvgIpc) is 2.97. The van der Waals surface area contributed by atoms with Crippen molar-refractivity contribution in [3.63, 3.8) is 0 Å². The van der Waals surface area contributed by atoms with Crippen LogP contribution in [0, 0.1) is 0 Å². The van der Waals surface area contributed by atoms with Crippen LogP contribution in [0.3, 0.4) is 0 Å². The van der Waals surface area contributed by atoms with Gasteiger partial charge >= 0.3 is 6.09 Å². The summed E-state index contributed by atoms with van der Waals surface area (Å²) in [6.07, 6.45) is 9.94. The van der Waals surface area contributed by atoms with E-state index in [1.54, 1.807) is 27.0 Å². The molecule has 0 aliphatic rings. The lowest BCUT2D eigenvalue weighted by Gasteiger charge is -2.23. The van der Waals surface area contributed by atoms with Gasteiger partial charge in [-0.2, -0.15) is 0 Å². The number of imidazole rings is 1. The van der Waals surface area contributed by atoms with E-state index in [2.05, 4.69) is 10.3 Å². The van der Waals surface area contributed by atoms with Gasteiger partial charge in [0.15, 0.2) is 0 Å². The molecular formula is C17H25N3O3. The van der Waals surface area contributed by atoms with Gasteiger partial charge in [-0.3, -0.25) is 9.36 Å². The van der Waals surface area contributed by atoms with E-state index in [-0.39, 0.29) is 5.91 Å². The minimum Gasteiger partial charge on any atom is -0.444 e. The second-order valence-corrected chi connectivity index (χ2v) is 6.07. The highest BCUT2D eigenvalue weighted by atomic mass is 16.6. The molecule has 1 amide bonds. The Balaban J connectivity index is 2.92. The van der Waals surface area contributed by atoms with Crippen molar-refractivity contribution < 1.29 is 14.3 Å². The maximum Gasteiger partial charge on any atom is 0.408 e. The van der Waals surface area contributed by atoms with Crippen LogP contribution in [0.15, 0.2) is 42.5 Å². The molecule has 0 unspecified atom stereocenters. The number of allylic oxidation sites excluding steroid dienone is 3. The van der Waals surface area contributed by atoms with E-state index in [1.807, 2.05) is 32.1 Å².